The van der Waals surface area contributed by atoms with Gasteiger partial charge in [-0.05, 0) is 44.9 Å². The molecule has 0 saturated heterocycles. The average molecular weight is 256 g/mol. The van der Waals surface area contributed by atoms with Gasteiger partial charge in [-0.3, -0.25) is 0 Å². The molecule has 102 valence electrons. The van der Waals surface area contributed by atoms with E-state index in [-0.39, 0.29) is 0 Å². The maximum Gasteiger partial charge on any atom is 0.132 e. The van der Waals surface area contributed by atoms with Crippen molar-refractivity contribution < 1.29 is 0 Å². The Balaban J connectivity index is 3.18. The van der Waals surface area contributed by atoms with Crippen LogP contribution in [0.4, 0.5) is 5.82 Å². The summed E-state index contributed by atoms with van der Waals surface area (Å²) < 4.78 is 0. The first kappa shape index (κ1) is 15.2. The number of hydrogen-bond acceptors (Lipinski definition) is 2. The first-order valence-corrected chi connectivity index (χ1v) is 6.74. The highest BCUT2D eigenvalue weighted by atomic mass is 15.2. The van der Waals surface area contributed by atoms with Crippen molar-refractivity contribution >= 4 is 11.4 Å². The van der Waals surface area contributed by atoms with E-state index < -0.39 is 0 Å². The number of rotatable bonds is 6. The molecule has 0 radical (unpaired) electrons. The van der Waals surface area contributed by atoms with Crippen molar-refractivity contribution in [1.29, 1.82) is 0 Å². The fourth-order valence-corrected chi connectivity index (χ4v) is 2.11. The molecule has 0 aliphatic rings. The number of nitrogens with zero attached hydrogens (tertiary/aromatic N) is 2. The molecule has 0 aliphatic heterocycles. The van der Waals surface area contributed by atoms with Crippen LogP contribution in [0.1, 0.15) is 38.4 Å². The summed E-state index contributed by atoms with van der Waals surface area (Å²) in [6, 6.07) is 4.17. The van der Waals surface area contributed by atoms with E-state index in [1.807, 2.05) is 26.8 Å². The number of aryl methyl sites for hydroxylation is 1. The third-order valence-electron chi connectivity index (χ3n) is 3.10. The highest BCUT2D eigenvalue weighted by molar-refractivity contribution is 5.75. The number of pyridine rings is 1. The van der Waals surface area contributed by atoms with Gasteiger partial charge in [-0.1, -0.05) is 32.2 Å². The molecule has 0 aromatic carbocycles. The van der Waals surface area contributed by atoms with Gasteiger partial charge in [0.1, 0.15) is 5.82 Å². The number of allylic oxidation sites excluding steroid dienone is 4. The van der Waals surface area contributed by atoms with E-state index in [1.54, 1.807) is 0 Å². The Hall–Kier alpha value is -1.83. The summed E-state index contributed by atoms with van der Waals surface area (Å²) in [6.07, 6.45) is 4.99. The van der Waals surface area contributed by atoms with E-state index in [0.717, 1.165) is 41.3 Å². The third kappa shape index (κ3) is 3.57. The molecular weight excluding hydrogens is 232 g/mol. The second-order valence-electron chi connectivity index (χ2n) is 4.64. The van der Waals surface area contributed by atoms with Crippen LogP contribution in [0.2, 0.25) is 0 Å². The molecule has 0 unspecified atom stereocenters. The molecule has 1 aromatic heterocycles. The zero-order valence-corrected chi connectivity index (χ0v) is 12.5. The van der Waals surface area contributed by atoms with Crippen LogP contribution in [0, 0.1) is 6.92 Å². The lowest BCUT2D eigenvalue weighted by atomic mass is 10.0. The Labute approximate surface area is 117 Å². The molecule has 1 heterocycles. The summed E-state index contributed by atoms with van der Waals surface area (Å²) >= 11 is 0. The van der Waals surface area contributed by atoms with Gasteiger partial charge in [0.25, 0.3) is 0 Å². The summed E-state index contributed by atoms with van der Waals surface area (Å²) in [4.78, 5) is 6.86. The van der Waals surface area contributed by atoms with Crippen molar-refractivity contribution in [3.63, 3.8) is 0 Å². The Bertz CT molecular complexity index is 498. The maximum absolute atomic E-state index is 4.71. The number of aromatic nitrogens is 1. The minimum Gasteiger partial charge on any atom is -0.331 e. The van der Waals surface area contributed by atoms with Crippen molar-refractivity contribution in [3.05, 3.63) is 54.4 Å². The Morgan fingerprint density at radius 2 is 2.11 bits per heavy atom. The molecule has 1 aromatic rings. The van der Waals surface area contributed by atoms with Crippen molar-refractivity contribution in [1.82, 2.24) is 4.98 Å². The van der Waals surface area contributed by atoms with E-state index in [2.05, 4.69) is 43.2 Å². The first-order valence-electron chi connectivity index (χ1n) is 6.74. The van der Waals surface area contributed by atoms with Gasteiger partial charge in [-0.2, -0.15) is 0 Å². The third-order valence-corrected chi connectivity index (χ3v) is 3.10. The van der Waals surface area contributed by atoms with Crippen LogP contribution in [0.3, 0.4) is 0 Å². The zero-order valence-electron chi connectivity index (χ0n) is 12.5. The van der Waals surface area contributed by atoms with Crippen LogP contribution in [0.15, 0.2) is 43.1 Å². The zero-order chi connectivity index (χ0) is 14.4. The lowest BCUT2D eigenvalue weighted by Crippen LogP contribution is -2.22. The SMILES string of the molecule is C=C/C(=C\C)c1ccc(N(CCC)C(=C)C)nc1C. The fourth-order valence-electron chi connectivity index (χ4n) is 2.11. The molecule has 19 heavy (non-hydrogen) atoms. The van der Waals surface area contributed by atoms with Crippen molar-refractivity contribution in [2.75, 3.05) is 11.4 Å². The van der Waals surface area contributed by atoms with E-state index >= 15 is 0 Å². The van der Waals surface area contributed by atoms with Crippen LogP contribution in [0.5, 0.6) is 0 Å². The van der Waals surface area contributed by atoms with Crippen molar-refractivity contribution in [2.45, 2.75) is 34.1 Å². The Morgan fingerprint density at radius 1 is 1.42 bits per heavy atom. The minimum atomic E-state index is 0.944. The first-order chi connectivity index (χ1) is 9.04. The summed E-state index contributed by atoms with van der Waals surface area (Å²) in [5.74, 6) is 0.968. The van der Waals surface area contributed by atoms with Gasteiger partial charge in [0, 0.05) is 23.5 Å². The molecule has 0 amide bonds. The molecule has 0 bridgehead atoms. The minimum absolute atomic E-state index is 0.944. The van der Waals surface area contributed by atoms with Gasteiger partial charge in [0.05, 0.1) is 0 Å². The monoisotopic (exact) mass is 256 g/mol. The molecule has 2 nitrogen and oxygen atoms in total. The van der Waals surface area contributed by atoms with Gasteiger partial charge < -0.3 is 4.90 Å². The van der Waals surface area contributed by atoms with Gasteiger partial charge in [-0.15, -0.1) is 0 Å². The smallest absolute Gasteiger partial charge is 0.132 e. The van der Waals surface area contributed by atoms with Crippen LogP contribution in [-0.2, 0) is 0 Å². The maximum atomic E-state index is 4.71. The van der Waals surface area contributed by atoms with Crippen molar-refractivity contribution in [2.24, 2.45) is 0 Å². The van der Waals surface area contributed by atoms with E-state index in [4.69, 9.17) is 4.98 Å². The molecule has 0 saturated carbocycles. The molecular formula is C17H24N2. The molecule has 0 aliphatic carbocycles. The lowest BCUT2D eigenvalue weighted by molar-refractivity contribution is 0.833. The van der Waals surface area contributed by atoms with Gasteiger partial charge in [0.2, 0.25) is 0 Å². The Kier molecular flexibility index (Phi) is 5.56. The molecule has 2 heteroatoms. The second kappa shape index (κ2) is 6.93. The van der Waals surface area contributed by atoms with Gasteiger partial charge in [-0.25, -0.2) is 4.98 Å². The fraction of sp³-hybridized carbons (Fsp3) is 0.353. The average Bonchev–Trinajstić information content (AvgIpc) is 2.38. The van der Waals surface area contributed by atoms with Crippen LogP contribution in [-0.4, -0.2) is 11.5 Å². The summed E-state index contributed by atoms with van der Waals surface area (Å²) in [7, 11) is 0. The number of anilines is 1. The highest BCUT2D eigenvalue weighted by Gasteiger charge is 2.10. The topological polar surface area (TPSA) is 16.1 Å². The standard InChI is InChI=1S/C17H24N2/c1-7-12-19(13(4)5)17-11-10-16(14(6)18-17)15(8-2)9-3/h8-11H,2,4,7,12H2,1,3,5-6H3/b15-9+. The summed E-state index contributed by atoms with van der Waals surface area (Å²) in [5, 5.41) is 0. The second-order valence-corrected chi connectivity index (χ2v) is 4.64. The predicted octanol–water partition coefficient (Wildman–Crippen LogP) is 4.73. The molecule has 0 spiro atoms. The van der Waals surface area contributed by atoms with Crippen LogP contribution >= 0.6 is 0 Å². The van der Waals surface area contributed by atoms with Gasteiger partial charge >= 0.3 is 0 Å². The van der Waals surface area contributed by atoms with Crippen LogP contribution < -0.4 is 4.90 Å². The van der Waals surface area contributed by atoms with Gasteiger partial charge in [0.15, 0.2) is 0 Å². The molecule has 1 rings (SSSR count). The normalized spacial score (nSPS) is 11.3. The summed E-state index contributed by atoms with van der Waals surface area (Å²) in [5.41, 5.74) is 4.30. The Morgan fingerprint density at radius 3 is 2.53 bits per heavy atom. The van der Waals surface area contributed by atoms with Crippen LogP contribution in [0.25, 0.3) is 5.57 Å². The molecule has 0 fully saturated rings. The van der Waals surface area contributed by atoms with E-state index in [0.29, 0.717) is 0 Å². The highest BCUT2D eigenvalue weighted by Crippen LogP contribution is 2.23. The van der Waals surface area contributed by atoms with E-state index in [1.165, 1.54) is 0 Å². The lowest BCUT2D eigenvalue weighted by Gasteiger charge is -2.24. The molecule has 0 atom stereocenters. The largest absolute Gasteiger partial charge is 0.331 e. The summed E-state index contributed by atoms with van der Waals surface area (Å²) in [6.45, 7) is 17.0. The molecule has 0 N–H and O–H groups in total. The number of hydrogen-bond donors (Lipinski definition) is 0. The van der Waals surface area contributed by atoms with Crippen molar-refractivity contribution in [3.8, 4) is 0 Å². The quantitative estimate of drug-likeness (QED) is 0.684. The van der Waals surface area contributed by atoms with E-state index in [9.17, 15) is 0 Å². The predicted molar refractivity (Wildman–Crippen MR) is 85.3 cm³/mol.